The molecule has 2 heterocycles. The van der Waals surface area contributed by atoms with Crippen molar-refractivity contribution in [1.82, 2.24) is 4.98 Å². The third-order valence-electron chi connectivity index (χ3n) is 6.43. The van der Waals surface area contributed by atoms with Crippen molar-refractivity contribution in [3.05, 3.63) is 70.5 Å². The topological polar surface area (TPSA) is 130 Å². The molecule has 14 heteroatoms. The van der Waals surface area contributed by atoms with Crippen molar-refractivity contribution in [3.63, 3.8) is 0 Å². The standard InChI is InChI=1S/C27H23ClF3N3O6S/c1-39-22-8-9-34(21-6-3-2-5-17(21)22)41(37,38)24-12-18(20(28)13-23(24)40-10-4-7-26(35)36)19-15-33-25(27(29,30)31)11-16(19)14-32/h2-3,5-6,11-13,15,22H,4,7-10H2,1H3,(H,35,36). The van der Waals surface area contributed by atoms with E-state index < -0.39 is 33.4 Å². The number of anilines is 1. The largest absolute Gasteiger partial charge is 0.492 e. The van der Waals surface area contributed by atoms with Gasteiger partial charge in [-0.15, -0.1) is 0 Å². The maximum atomic E-state index is 14.2. The number of pyridine rings is 1. The first-order valence-corrected chi connectivity index (χ1v) is 14.0. The minimum Gasteiger partial charge on any atom is -0.492 e. The molecule has 1 aromatic heterocycles. The first-order chi connectivity index (χ1) is 19.4. The second kappa shape index (κ2) is 11.9. The van der Waals surface area contributed by atoms with Crippen molar-refractivity contribution < 1.29 is 41.0 Å². The Kier molecular flexibility index (Phi) is 8.77. The van der Waals surface area contributed by atoms with Crippen LogP contribution in [0, 0.1) is 11.3 Å². The van der Waals surface area contributed by atoms with Gasteiger partial charge in [-0.2, -0.15) is 18.4 Å². The highest BCUT2D eigenvalue weighted by molar-refractivity contribution is 7.93. The number of nitriles is 1. The number of halogens is 4. The molecule has 1 N–H and O–H groups in total. The number of aromatic nitrogens is 1. The summed E-state index contributed by atoms with van der Waals surface area (Å²) in [4.78, 5) is 14.0. The van der Waals surface area contributed by atoms with E-state index in [0.29, 0.717) is 23.7 Å². The molecule has 0 radical (unpaired) electrons. The van der Waals surface area contributed by atoms with Crippen LogP contribution in [0.5, 0.6) is 5.75 Å². The predicted octanol–water partition coefficient (Wildman–Crippen LogP) is 5.82. The van der Waals surface area contributed by atoms with Crippen LogP contribution in [0.15, 0.2) is 53.6 Å². The molecule has 0 spiro atoms. The van der Waals surface area contributed by atoms with E-state index in [9.17, 15) is 31.6 Å². The monoisotopic (exact) mass is 609 g/mol. The number of nitrogens with zero attached hydrogens (tertiary/aromatic N) is 3. The number of aliphatic carboxylic acids is 1. The van der Waals surface area contributed by atoms with Crippen molar-refractivity contribution >= 4 is 33.3 Å². The van der Waals surface area contributed by atoms with Gasteiger partial charge in [-0.1, -0.05) is 29.8 Å². The summed E-state index contributed by atoms with van der Waals surface area (Å²) in [6.45, 7) is -0.113. The van der Waals surface area contributed by atoms with Crippen LogP contribution < -0.4 is 9.04 Å². The van der Waals surface area contributed by atoms with Gasteiger partial charge < -0.3 is 14.6 Å². The van der Waals surface area contributed by atoms with Gasteiger partial charge in [0, 0.05) is 49.0 Å². The number of fused-ring (bicyclic) bond motifs is 1. The predicted molar refractivity (Wildman–Crippen MR) is 142 cm³/mol. The molecule has 3 aromatic rings. The molecule has 1 atom stereocenters. The summed E-state index contributed by atoms with van der Waals surface area (Å²) in [6, 6.07) is 11.3. The highest BCUT2D eigenvalue weighted by Gasteiger charge is 2.36. The number of hydrogen-bond donors (Lipinski definition) is 1. The van der Waals surface area contributed by atoms with E-state index in [4.69, 9.17) is 26.2 Å². The van der Waals surface area contributed by atoms with Gasteiger partial charge in [0.15, 0.2) is 0 Å². The minimum absolute atomic E-state index is 0.0412. The number of hydrogen-bond acceptors (Lipinski definition) is 7. The summed E-state index contributed by atoms with van der Waals surface area (Å²) in [5.74, 6) is -1.25. The highest BCUT2D eigenvalue weighted by Crippen LogP contribution is 2.43. The van der Waals surface area contributed by atoms with Gasteiger partial charge in [-0.05, 0) is 31.0 Å². The Morgan fingerprint density at radius 1 is 1.24 bits per heavy atom. The molecular formula is C27H23ClF3N3O6S. The Hall–Kier alpha value is -3.86. The molecule has 216 valence electrons. The Bertz CT molecular complexity index is 1630. The molecular weight excluding hydrogens is 587 g/mol. The molecule has 1 aliphatic heterocycles. The maximum absolute atomic E-state index is 14.2. The van der Waals surface area contributed by atoms with Crippen LogP contribution in [0.1, 0.15) is 42.2 Å². The lowest BCUT2D eigenvalue weighted by molar-refractivity contribution is -0.141. The Morgan fingerprint density at radius 2 is 1.98 bits per heavy atom. The highest BCUT2D eigenvalue weighted by atomic mass is 35.5. The summed E-state index contributed by atoms with van der Waals surface area (Å²) >= 11 is 6.45. The Morgan fingerprint density at radius 3 is 2.63 bits per heavy atom. The molecule has 0 fully saturated rings. The molecule has 2 aromatic carbocycles. The van der Waals surface area contributed by atoms with Crippen molar-refractivity contribution in [2.24, 2.45) is 0 Å². The van der Waals surface area contributed by atoms with Gasteiger partial charge in [-0.3, -0.25) is 14.1 Å². The molecule has 0 saturated heterocycles. The molecule has 9 nitrogen and oxygen atoms in total. The zero-order chi connectivity index (χ0) is 29.9. The first-order valence-electron chi connectivity index (χ1n) is 12.2. The summed E-state index contributed by atoms with van der Waals surface area (Å²) in [5, 5.41) is 18.4. The molecule has 4 rings (SSSR count). The van der Waals surface area contributed by atoms with Crippen molar-refractivity contribution in [3.8, 4) is 22.9 Å². The van der Waals surface area contributed by atoms with E-state index in [1.807, 2.05) is 0 Å². The SMILES string of the molecule is COC1CCN(S(=O)(=O)c2cc(-c3cnc(C(F)(F)F)cc3C#N)c(Cl)cc2OCCCC(=O)O)c2ccccc21. The zero-order valence-electron chi connectivity index (χ0n) is 21.5. The van der Waals surface area contributed by atoms with Gasteiger partial charge in [0.2, 0.25) is 0 Å². The van der Waals surface area contributed by atoms with E-state index in [1.165, 1.54) is 17.5 Å². The molecule has 41 heavy (non-hydrogen) atoms. The fourth-order valence-electron chi connectivity index (χ4n) is 4.49. The average Bonchev–Trinajstić information content (AvgIpc) is 2.93. The third kappa shape index (κ3) is 6.24. The van der Waals surface area contributed by atoms with E-state index in [0.717, 1.165) is 12.3 Å². The van der Waals surface area contributed by atoms with Crippen molar-refractivity contribution in [2.75, 3.05) is 24.6 Å². The van der Waals surface area contributed by atoms with Crippen LogP contribution in [0.2, 0.25) is 5.02 Å². The summed E-state index contributed by atoms with van der Waals surface area (Å²) in [7, 11) is -2.88. The smallest absolute Gasteiger partial charge is 0.433 e. The second-order valence-corrected chi connectivity index (χ2v) is 11.2. The summed E-state index contributed by atoms with van der Waals surface area (Å²) in [5.41, 5.74) is -0.870. The number of benzene rings is 2. The quantitative estimate of drug-likeness (QED) is 0.300. The van der Waals surface area contributed by atoms with Gasteiger partial charge in [-0.25, -0.2) is 8.42 Å². The van der Waals surface area contributed by atoms with Gasteiger partial charge in [0.25, 0.3) is 10.0 Å². The number of alkyl halides is 3. The normalized spacial score (nSPS) is 15.2. The van der Waals surface area contributed by atoms with E-state index >= 15 is 0 Å². The molecule has 1 unspecified atom stereocenters. The number of ether oxygens (including phenoxy) is 2. The van der Waals surface area contributed by atoms with Gasteiger partial charge in [0.1, 0.15) is 16.3 Å². The number of carboxylic acid groups (broad SMARTS) is 1. The van der Waals surface area contributed by atoms with E-state index in [2.05, 4.69) is 4.98 Å². The van der Waals surface area contributed by atoms with Crippen LogP contribution >= 0.6 is 11.6 Å². The van der Waals surface area contributed by atoms with Crippen LogP contribution in [-0.4, -0.2) is 44.7 Å². The number of methoxy groups -OCH3 is 1. The first kappa shape index (κ1) is 30.1. The van der Waals surface area contributed by atoms with Crippen LogP contribution in [0.25, 0.3) is 11.1 Å². The maximum Gasteiger partial charge on any atom is 0.433 e. The lowest BCUT2D eigenvalue weighted by Gasteiger charge is -2.34. The number of rotatable bonds is 9. The zero-order valence-corrected chi connectivity index (χ0v) is 23.1. The van der Waals surface area contributed by atoms with Crippen molar-refractivity contribution in [1.29, 1.82) is 5.26 Å². The van der Waals surface area contributed by atoms with Crippen LogP contribution in [0.4, 0.5) is 18.9 Å². The fraction of sp³-hybridized carbons (Fsp3) is 0.296. The molecule has 1 aliphatic rings. The molecule has 0 bridgehead atoms. The minimum atomic E-state index is -4.81. The third-order valence-corrected chi connectivity index (χ3v) is 8.58. The number of carboxylic acids is 1. The van der Waals surface area contributed by atoms with E-state index in [-0.39, 0.29) is 58.9 Å². The second-order valence-electron chi connectivity index (χ2n) is 9.00. The van der Waals surface area contributed by atoms with Crippen molar-refractivity contribution in [2.45, 2.75) is 36.4 Å². The van der Waals surface area contributed by atoms with Gasteiger partial charge >= 0.3 is 12.1 Å². The number of carbonyl (C=O) groups is 1. The summed E-state index contributed by atoms with van der Waals surface area (Å²) < 4.78 is 80.4. The Labute approximate surface area is 238 Å². The average molecular weight is 610 g/mol. The van der Waals surface area contributed by atoms with Crippen LogP contribution in [0.3, 0.4) is 0 Å². The van der Waals surface area contributed by atoms with Gasteiger partial charge in [0.05, 0.1) is 35.1 Å². The molecule has 0 aliphatic carbocycles. The van der Waals surface area contributed by atoms with Crippen LogP contribution in [-0.2, 0) is 25.7 Å². The lowest BCUT2D eigenvalue weighted by atomic mass is 10.0. The molecule has 0 saturated carbocycles. The number of para-hydroxylation sites is 1. The Balaban J connectivity index is 1.87. The number of sulfonamides is 1. The lowest BCUT2D eigenvalue weighted by Crippen LogP contribution is -2.37. The van der Waals surface area contributed by atoms with E-state index in [1.54, 1.807) is 30.3 Å². The summed E-state index contributed by atoms with van der Waals surface area (Å²) in [6.07, 6.45) is -4.17. The fourth-order valence-corrected chi connectivity index (χ4v) is 6.39. The molecule has 0 amide bonds.